The molecule has 116 valence electrons. The van der Waals surface area contributed by atoms with E-state index in [1.54, 1.807) is 0 Å². The minimum absolute atomic E-state index is 0.0474. The van der Waals surface area contributed by atoms with Gasteiger partial charge in [-0.3, -0.25) is 9.69 Å². The molecule has 1 aromatic rings. The molecule has 0 fully saturated rings. The summed E-state index contributed by atoms with van der Waals surface area (Å²) < 4.78 is 5.15. The van der Waals surface area contributed by atoms with Crippen molar-refractivity contribution in [2.45, 2.75) is 13.3 Å². The Hall–Kier alpha value is -2.28. The molecule has 7 nitrogen and oxygen atoms in total. The Morgan fingerprint density at radius 1 is 1.29 bits per heavy atom. The van der Waals surface area contributed by atoms with Gasteiger partial charge in [-0.25, -0.2) is 4.79 Å². The number of aliphatic carboxylic acids is 1. The van der Waals surface area contributed by atoms with E-state index in [-0.39, 0.29) is 5.75 Å². The lowest BCUT2D eigenvalue weighted by molar-refractivity contribution is -0.135. The quantitative estimate of drug-likeness (QED) is 0.630. The van der Waals surface area contributed by atoms with Crippen molar-refractivity contribution in [2.75, 3.05) is 31.2 Å². The Balaban J connectivity index is 2.62. The molecule has 2 amide bonds. The molecule has 1 aromatic carbocycles. The third-order valence-electron chi connectivity index (χ3n) is 2.65. The van der Waals surface area contributed by atoms with Crippen LogP contribution in [0, 0.1) is 0 Å². The molecular formula is C14H20N2O5. The standard InChI is InChI=1S/C14H20N2O5/c1-2-21-9-3-8-15-14(20)16(10-13(18)19)11-4-6-12(17)7-5-11/h4-7,17H,2-3,8-10H2,1H3,(H,15,20)(H,18,19). The number of amides is 2. The summed E-state index contributed by atoms with van der Waals surface area (Å²) in [6.07, 6.45) is 0.649. The van der Waals surface area contributed by atoms with Crippen molar-refractivity contribution in [2.24, 2.45) is 0 Å². The average molecular weight is 296 g/mol. The number of nitrogens with one attached hydrogen (secondary N) is 1. The number of urea groups is 1. The fourth-order valence-electron chi connectivity index (χ4n) is 1.66. The molecule has 0 radical (unpaired) electrons. The Kier molecular flexibility index (Phi) is 7.03. The number of aromatic hydroxyl groups is 1. The summed E-state index contributed by atoms with van der Waals surface area (Å²) in [7, 11) is 0. The molecule has 0 aliphatic carbocycles. The maximum atomic E-state index is 12.0. The second-order valence-corrected chi connectivity index (χ2v) is 4.28. The van der Waals surface area contributed by atoms with Gasteiger partial charge >= 0.3 is 12.0 Å². The van der Waals surface area contributed by atoms with Gasteiger partial charge in [0.1, 0.15) is 12.3 Å². The van der Waals surface area contributed by atoms with Crippen molar-refractivity contribution in [3.8, 4) is 5.75 Å². The number of benzene rings is 1. The number of rotatable bonds is 8. The Morgan fingerprint density at radius 3 is 2.52 bits per heavy atom. The number of carboxylic acids is 1. The molecule has 0 spiro atoms. The molecular weight excluding hydrogens is 276 g/mol. The van der Waals surface area contributed by atoms with Crippen LogP contribution >= 0.6 is 0 Å². The number of anilines is 1. The topological polar surface area (TPSA) is 99.1 Å². The van der Waals surface area contributed by atoms with E-state index in [0.29, 0.717) is 31.9 Å². The number of nitrogens with zero attached hydrogens (tertiary/aromatic N) is 1. The van der Waals surface area contributed by atoms with Gasteiger partial charge in [-0.05, 0) is 37.6 Å². The number of carboxylic acid groups (broad SMARTS) is 1. The summed E-state index contributed by atoms with van der Waals surface area (Å²) in [5.74, 6) is -1.07. The summed E-state index contributed by atoms with van der Waals surface area (Å²) in [6, 6.07) is 5.26. The van der Waals surface area contributed by atoms with Crippen molar-refractivity contribution in [3.05, 3.63) is 24.3 Å². The fraction of sp³-hybridized carbons (Fsp3) is 0.429. The fourth-order valence-corrected chi connectivity index (χ4v) is 1.66. The van der Waals surface area contributed by atoms with Gasteiger partial charge in [-0.15, -0.1) is 0 Å². The lowest BCUT2D eigenvalue weighted by Gasteiger charge is -2.21. The van der Waals surface area contributed by atoms with Crippen LogP contribution < -0.4 is 10.2 Å². The highest BCUT2D eigenvalue weighted by molar-refractivity contribution is 5.96. The van der Waals surface area contributed by atoms with Crippen LogP contribution in [0.3, 0.4) is 0 Å². The molecule has 3 N–H and O–H groups in total. The molecule has 0 saturated carbocycles. The van der Waals surface area contributed by atoms with Gasteiger partial charge in [0.15, 0.2) is 0 Å². The molecule has 0 unspecified atom stereocenters. The van der Waals surface area contributed by atoms with E-state index in [9.17, 15) is 14.7 Å². The molecule has 0 heterocycles. The molecule has 0 aliphatic rings. The van der Waals surface area contributed by atoms with Crippen LogP contribution in [0.25, 0.3) is 0 Å². The molecule has 0 aromatic heterocycles. The number of phenolic OH excluding ortho intramolecular Hbond substituents is 1. The number of carbonyl (C=O) groups excluding carboxylic acids is 1. The number of hydrogen-bond donors (Lipinski definition) is 3. The predicted octanol–water partition coefficient (Wildman–Crippen LogP) is 1.42. The highest BCUT2D eigenvalue weighted by Crippen LogP contribution is 2.18. The highest BCUT2D eigenvalue weighted by atomic mass is 16.5. The first-order valence-corrected chi connectivity index (χ1v) is 6.68. The summed E-state index contributed by atoms with van der Waals surface area (Å²) in [6.45, 7) is 2.98. The molecule has 7 heteroatoms. The second kappa shape index (κ2) is 8.80. The minimum Gasteiger partial charge on any atom is -0.508 e. The van der Waals surface area contributed by atoms with Gasteiger partial charge in [0.2, 0.25) is 0 Å². The number of ether oxygens (including phenoxy) is 1. The minimum atomic E-state index is -1.12. The summed E-state index contributed by atoms with van der Waals surface area (Å²) >= 11 is 0. The van der Waals surface area contributed by atoms with Crippen LogP contribution in [0.15, 0.2) is 24.3 Å². The normalized spacial score (nSPS) is 10.1. The smallest absolute Gasteiger partial charge is 0.323 e. The molecule has 0 aliphatic heterocycles. The molecule has 0 atom stereocenters. The first kappa shape index (κ1) is 16.8. The molecule has 0 bridgehead atoms. The van der Waals surface area contributed by atoms with Crippen LogP contribution in [0.5, 0.6) is 5.75 Å². The van der Waals surface area contributed by atoms with Gasteiger partial charge in [0, 0.05) is 25.4 Å². The van der Waals surface area contributed by atoms with E-state index < -0.39 is 18.5 Å². The lowest BCUT2D eigenvalue weighted by atomic mass is 10.2. The van der Waals surface area contributed by atoms with Crippen LogP contribution in [0.4, 0.5) is 10.5 Å². The van der Waals surface area contributed by atoms with Crippen LogP contribution in [-0.4, -0.2) is 48.5 Å². The Labute approximate surface area is 123 Å². The maximum absolute atomic E-state index is 12.0. The first-order valence-electron chi connectivity index (χ1n) is 6.68. The van der Waals surface area contributed by atoms with E-state index in [0.717, 1.165) is 4.90 Å². The largest absolute Gasteiger partial charge is 0.508 e. The second-order valence-electron chi connectivity index (χ2n) is 4.28. The van der Waals surface area contributed by atoms with Gasteiger partial charge in [-0.1, -0.05) is 0 Å². The predicted molar refractivity (Wildman–Crippen MR) is 77.6 cm³/mol. The monoisotopic (exact) mass is 296 g/mol. The lowest BCUT2D eigenvalue weighted by Crippen LogP contribution is -2.43. The molecule has 21 heavy (non-hydrogen) atoms. The third kappa shape index (κ3) is 6.13. The van der Waals surface area contributed by atoms with E-state index in [2.05, 4.69) is 5.32 Å². The van der Waals surface area contributed by atoms with E-state index in [1.165, 1.54) is 24.3 Å². The Morgan fingerprint density at radius 2 is 1.95 bits per heavy atom. The van der Waals surface area contributed by atoms with E-state index in [1.807, 2.05) is 6.92 Å². The molecule has 1 rings (SSSR count). The molecule has 0 saturated heterocycles. The number of phenols is 1. The number of carbonyl (C=O) groups is 2. The van der Waals surface area contributed by atoms with Gasteiger partial charge < -0.3 is 20.3 Å². The first-order chi connectivity index (χ1) is 10.0. The van der Waals surface area contributed by atoms with Gasteiger partial charge in [0.25, 0.3) is 0 Å². The van der Waals surface area contributed by atoms with Crippen molar-refractivity contribution in [3.63, 3.8) is 0 Å². The van der Waals surface area contributed by atoms with Gasteiger partial charge in [-0.2, -0.15) is 0 Å². The van der Waals surface area contributed by atoms with Crippen LogP contribution in [-0.2, 0) is 9.53 Å². The summed E-state index contributed by atoms with van der Waals surface area (Å²) in [5.41, 5.74) is 0.400. The van der Waals surface area contributed by atoms with E-state index in [4.69, 9.17) is 9.84 Å². The summed E-state index contributed by atoms with van der Waals surface area (Å²) in [5, 5.41) is 20.8. The SMILES string of the molecule is CCOCCCNC(=O)N(CC(=O)O)c1ccc(O)cc1. The van der Waals surface area contributed by atoms with Gasteiger partial charge in [0.05, 0.1) is 0 Å². The zero-order valence-corrected chi connectivity index (χ0v) is 11.9. The van der Waals surface area contributed by atoms with Crippen molar-refractivity contribution >= 4 is 17.7 Å². The van der Waals surface area contributed by atoms with Crippen LogP contribution in [0.2, 0.25) is 0 Å². The average Bonchev–Trinajstić information content (AvgIpc) is 2.45. The summed E-state index contributed by atoms with van der Waals surface area (Å²) in [4.78, 5) is 24.0. The zero-order chi connectivity index (χ0) is 15.7. The van der Waals surface area contributed by atoms with Crippen molar-refractivity contribution in [1.82, 2.24) is 5.32 Å². The Bertz CT molecular complexity index is 461. The van der Waals surface area contributed by atoms with Crippen molar-refractivity contribution < 1.29 is 24.5 Å². The van der Waals surface area contributed by atoms with E-state index >= 15 is 0 Å². The number of hydrogen-bond acceptors (Lipinski definition) is 4. The maximum Gasteiger partial charge on any atom is 0.323 e. The third-order valence-corrected chi connectivity index (χ3v) is 2.65. The zero-order valence-electron chi connectivity index (χ0n) is 11.9. The van der Waals surface area contributed by atoms with Crippen LogP contribution in [0.1, 0.15) is 13.3 Å². The van der Waals surface area contributed by atoms with Crippen molar-refractivity contribution in [1.29, 1.82) is 0 Å². The highest BCUT2D eigenvalue weighted by Gasteiger charge is 2.18.